The van der Waals surface area contributed by atoms with Crippen LogP contribution in [-0.2, 0) is 9.84 Å². The van der Waals surface area contributed by atoms with Gasteiger partial charge in [-0.3, -0.25) is 0 Å². The predicted molar refractivity (Wildman–Crippen MR) is 76.9 cm³/mol. The highest BCUT2D eigenvalue weighted by Crippen LogP contribution is 2.23. The minimum Gasteiger partial charge on any atom is -0.507 e. The van der Waals surface area contributed by atoms with Crippen molar-refractivity contribution < 1.29 is 28.2 Å². The normalized spacial score (nSPS) is 11.1. The van der Waals surface area contributed by atoms with Gasteiger partial charge < -0.3 is 14.9 Å². The first kappa shape index (κ1) is 15.8. The lowest BCUT2D eigenvalue weighted by Gasteiger charge is -2.08. The van der Waals surface area contributed by atoms with Crippen molar-refractivity contribution >= 4 is 15.8 Å². The molecule has 0 fully saturated rings. The predicted octanol–water partition coefficient (Wildman–Crippen LogP) is 1.34. The van der Waals surface area contributed by atoms with E-state index >= 15 is 0 Å². The van der Waals surface area contributed by atoms with E-state index in [0.29, 0.717) is 0 Å². The summed E-state index contributed by atoms with van der Waals surface area (Å²) >= 11 is 0. The number of aromatic carboxylic acids is 1. The molecular formula is C14H13NO6S. The molecule has 116 valence electrons. The molecule has 1 heterocycles. The van der Waals surface area contributed by atoms with Crippen LogP contribution >= 0.6 is 0 Å². The SMILES string of the molecule is O=C(O)c1ccc(OCCS(=O)(=O)c2ccccn2)cc1O. The van der Waals surface area contributed by atoms with E-state index in [1.165, 1.54) is 24.4 Å². The summed E-state index contributed by atoms with van der Waals surface area (Å²) in [7, 11) is -3.55. The average molecular weight is 323 g/mol. The fourth-order valence-corrected chi connectivity index (χ4v) is 2.71. The van der Waals surface area contributed by atoms with Crippen molar-refractivity contribution in [3.63, 3.8) is 0 Å². The average Bonchev–Trinajstić information content (AvgIpc) is 2.47. The Bertz CT molecular complexity index is 773. The Morgan fingerprint density at radius 3 is 2.59 bits per heavy atom. The molecule has 0 radical (unpaired) electrons. The highest BCUT2D eigenvalue weighted by Gasteiger charge is 2.16. The summed E-state index contributed by atoms with van der Waals surface area (Å²) in [5.41, 5.74) is -0.256. The molecule has 0 atom stereocenters. The number of carboxylic acid groups (broad SMARTS) is 1. The van der Waals surface area contributed by atoms with Gasteiger partial charge in [-0.15, -0.1) is 0 Å². The van der Waals surface area contributed by atoms with E-state index < -0.39 is 21.6 Å². The van der Waals surface area contributed by atoms with Gasteiger partial charge in [0.15, 0.2) is 14.9 Å². The number of benzene rings is 1. The Balaban J connectivity index is 2.00. The van der Waals surface area contributed by atoms with Crippen molar-refractivity contribution in [2.75, 3.05) is 12.4 Å². The molecule has 0 aliphatic carbocycles. The summed E-state index contributed by atoms with van der Waals surface area (Å²) in [6.45, 7) is -0.148. The maximum atomic E-state index is 12.0. The molecule has 0 unspecified atom stereocenters. The third-order valence-corrected chi connectivity index (χ3v) is 4.36. The summed E-state index contributed by atoms with van der Waals surface area (Å²) in [5.74, 6) is -1.82. The van der Waals surface area contributed by atoms with Crippen LogP contribution in [0.2, 0.25) is 0 Å². The number of hydrogen-bond acceptors (Lipinski definition) is 6. The molecule has 0 saturated heterocycles. The number of rotatable bonds is 6. The summed E-state index contributed by atoms with van der Waals surface area (Å²) in [6.07, 6.45) is 1.39. The molecular weight excluding hydrogens is 310 g/mol. The van der Waals surface area contributed by atoms with E-state index in [-0.39, 0.29) is 28.7 Å². The van der Waals surface area contributed by atoms with Crippen LogP contribution in [0.1, 0.15) is 10.4 Å². The molecule has 0 aliphatic heterocycles. The number of carboxylic acids is 1. The largest absolute Gasteiger partial charge is 0.507 e. The number of nitrogens with zero attached hydrogens (tertiary/aromatic N) is 1. The summed E-state index contributed by atoms with van der Waals surface area (Å²) in [5, 5.41) is 18.2. The molecule has 1 aromatic heterocycles. The maximum absolute atomic E-state index is 12.0. The van der Waals surface area contributed by atoms with Gasteiger partial charge in [-0.2, -0.15) is 0 Å². The Kier molecular flexibility index (Phi) is 4.62. The molecule has 0 spiro atoms. The Labute approximate surface area is 126 Å². The molecule has 7 nitrogen and oxygen atoms in total. The fourth-order valence-electron chi connectivity index (χ4n) is 1.69. The van der Waals surface area contributed by atoms with Crippen molar-refractivity contribution in [1.82, 2.24) is 4.98 Å². The lowest BCUT2D eigenvalue weighted by Crippen LogP contribution is -2.15. The zero-order chi connectivity index (χ0) is 16.2. The zero-order valence-electron chi connectivity index (χ0n) is 11.3. The van der Waals surface area contributed by atoms with Crippen molar-refractivity contribution in [3.8, 4) is 11.5 Å². The molecule has 0 bridgehead atoms. The first-order chi connectivity index (χ1) is 10.4. The molecule has 0 aliphatic rings. The van der Waals surface area contributed by atoms with Crippen molar-refractivity contribution in [3.05, 3.63) is 48.2 Å². The quantitative estimate of drug-likeness (QED) is 0.824. The van der Waals surface area contributed by atoms with E-state index in [2.05, 4.69) is 4.98 Å². The second-order valence-corrected chi connectivity index (χ2v) is 6.38. The second kappa shape index (κ2) is 6.44. The molecule has 2 aromatic rings. The van der Waals surface area contributed by atoms with E-state index in [1.54, 1.807) is 12.1 Å². The number of aromatic nitrogens is 1. The van der Waals surface area contributed by atoms with Gasteiger partial charge in [-0.1, -0.05) is 6.07 Å². The van der Waals surface area contributed by atoms with Crippen LogP contribution in [0.15, 0.2) is 47.6 Å². The first-order valence-corrected chi connectivity index (χ1v) is 7.88. The number of sulfone groups is 1. The first-order valence-electron chi connectivity index (χ1n) is 6.23. The minimum absolute atomic E-state index is 0.0392. The summed E-state index contributed by atoms with van der Waals surface area (Å²) < 4.78 is 29.1. The molecule has 2 N–H and O–H groups in total. The highest BCUT2D eigenvalue weighted by molar-refractivity contribution is 7.91. The van der Waals surface area contributed by atoms with Gasteiger partial charge in [0.1, 0.15) is 23.7 Å². The van der Waals surface area contributed by atoms with Crippen LogP contribution in [0.3, 0.4) is 0 Å². The van der Waals surface area contributed by atoms with Crippen LogP contribution in [0.25, 0.3) is 0 Å². The topological polar surface area (TPSA) is 114 Å². The van der Waals surface area contributed by atoms with Crippen LogP contribution in [0.5, 0.6) is 11.5 Å². The minimum atomic E-state index is -3.55. The van der Waals surface area contributed by atoms with Gasteiger partial charge in [-0.05, 0) is 24.3 Å². The molecule has 0 amide bonds. The lowest BCUT2D eigenvalue weighted by atomic mass is 10.2. The Hall–Kier alpha value is -2.61. The number of ether oxygens (including phenoxy) is 1. The fraction of sp³-hybridized carbons (Fsp3) is 0.143. The molecule has 2 rings (SSSR count). The standard InChI is InChI=1S/C14H13NO6S/c16-12-9-10(4-5-11(12)14(17)18)21-7-8-22(19,20)13-3-1-2-6-15-13/h1-6,9,16H,7-8H2,(H,17,18). The van der Waals surface area contributed by atoms with Crippen LogP contribution < -0.4 is 4.74 Å². The van der Waals surface area contributed by atoms with Gasteiger partial charge in [-0.25, -0.2) is 18.2 Å². The second-order valence-electron chi connectivity index (χ2n) is 4.32. The molecule has 0 saturated carbocycles. The highest BCUT2D eigenvalue weighted by atomic mass is 32.2. The van der Waals surface area contributed by atoms with Gasteiger partial charge in [0.2, 0.25) is 0 Å². The van der Waals surface area contributed by atoms with Crippen LogP contribution in [0.4, 0.5) is 0 Å². The number of phenols is 1. The molecule has 1 aromatic carbocycles. The van der Waals surface area contributed by atoms with E-state index in [1.807, 2.05) is 0 Å². The zero-order valence-corrected chi connectivity index (χ0v) is 12.2. The number of pyridine rings is 1. The third-order valence-electron chi connectivity index (χ3n) is 2.78. The van der Waals surface area contributed by atoms with Crippen molar-refractivity contribution in [2.24, 2.45) is 0 Å². The molecule has 8 heteroatoms. The van der Waals surface area contributed by atoms with Crippen LogP contribution in [-0.4, -0.2) is 41.9 Å². The number of carbonyl (C=O) groups is 1. The van der Waals surface area contributed by atoms with E-state index in [9.17, 15) is 18.3 Å². The lowest BCUT2D eigenvalue weighted by molar-refractivity contribution is 0.0693. The Morgan fingerprint density at radius 1 is 1.23 bits per heavy atom. The number of hydrogen-bond donors (Lipinski definition) is 2. The number of aromatic hydroxyl groups is 1. The summed E-state index contributed by atoms with van der Waals surface area (Å²) in [4.78, 5) is 14.5. The van der Waals surface area contributed by atoms with Gasteiger partial charge in [0, 0.05) is 12.3 Å². The van der Waals surface area contributed by atoms with Crippen molar-refractivity contribution in [1.29, 1.82) is 0 Å². The van der Waals surface area contributed by atoms with Gasteiger partial charge >= 0.3 is 5.97 Å². The van der Waals surface area contributed by atoms with Crippen molar-refractivity contribution in [2.45, 2.75) is 5.03 Å². The van der Waals surface area contributed by atoms with Gasteiger partial charge in [0.05, 0.1) is 5.75 Å². The van der Waals surface area contributed by atoms with Gasteiger partial charge in [0.25, 0.3) is 0 Å². The smallest absolute Gasteiger partial charge is 0.339 e. The maximum Gasteiger partial charge on any atom is 0.339 e. The molecule has 22 heavy (non-hydrogen) atoms. The van der Waals surface area contributed by atoms with Crippen LogP contribution in [0, 0.1) is 0 Å². The summed E-state index contributed by atoms with van der Waals surface area (Å²) in [6, 6.07) is 8.22. The van der Waals surface area contributed by atoms with E-state index in [4.69, 9.17) is 9.84 Å². The van der Waals surface area contributed by atoms with E-state index in [0.717, 1.165) is 6.07 Å². The third kappa shape index (κ3) is 3.73. The Morgan fingerprint density at radius 2 is 2.00 bits per heavy atom. The monoisotopic (exact) mass is 323 g/mol.